The number of nitrogens with one attached hydrogen (secondary N) is 1. The Hall–Kier alpha value is -2.19. The lowest BCUT2D eigenvalue weighted by Gasteiger charge is -2.06. The van der Waals surface area contributed by atoms with Gasteiger partial charge in [0, 0.05) is 23.4 Å². The maximum Gasteiger partial charge on any atom is 0.236 e. The minimum absolute atomic E-state index is 0.0779. The summed E-state index contributed by atoms with van der Waals surface area (Å²) in [6, 6.07) is 8.38. The monoisotopic (exact) mass is 413 g/mol. The number of thiazole rings is 1. The van der Waals surface area contributed by atoms with Gasteiger partial charge in [-0.1, -0.05) is 43.0 Å². The number of carbonyl (C=O) groups excluding carboxylic acids is 1. The Labute approximate surface area is 172 Å². The van der Waals surface area contributed by atoms with E-state index in [9.17, 15) is 4.79 Å². The molecule has 2 heterocycles. The molecule has 2 aromatic heterocycles. The molecule has 4 rings (SSSR count). The number of rotatable bonds is 8. The minimum Gasteiger partial charge on any atom is -0.306 e. The first-order chi connectivity index (χ1) is 13.7. The summed E-state index contributed by atoms with van der Waals surface area (Å²) in [4.78, 5) is 16.9. The summed E-state index contributed by atoms with van der Waals surface area (Å²) in [5.41, 5.74) is 3.25. The third-order valence-corrected chi connectivity index (χ3v) is 6.47. The van der Waals surface area contributed by atoms with Crippen LogP contribution in [0.25, 0.3) is 11.3 Å². The van der Waals surface area contributed by atoms with Crippen molar-refractivity contribution in [3.63, 3.8) is 0 Å². The molecule has 1 N–H and O–H groups in total. The summed E-state index contributed by atoms with van der Waals surface area (Å²) in [7, 11) is 0. The molecule has 0 bridgehead atoms. The van der Waals surface area contributed by atoms with Crippen LogP contribution in [0.15, 0.2) is 34.8 Å². The highest BCUT2D eigenvalue weighted by Crippen LogP contribution is 2.40. The van der Waals surface area contributed by atoms with Crippen LogP contribution >= 0.6 is 23.1 Å². The van der Waals surface area contributed by atoms with Gasteiger partial charge in [0.1, 0.15) is 5.82 Å². The largest absolute Gasteiger partial charge is 0.306 e. The van der Waals surface area contributed by atoms with Gasteiger partial charge < -0.3 is 9.88 Å². The van der Waals surface area contributed by atoms with Gasteiger partial charge in [0.2, 0.25) is 5.91 Å². The highest BCUT2D eigenvalue weighted by atomic mass is 32.2. The highest BCUT2D eigenvalue weighted by molar-refractivity contribution is 7.99. The van der Waals surface area contributed by atoms with E-state index in [1.165, 1.54) is 41.5 Å². The molecule has 146 valence electrons. The van der Waals surface area contributed by atoms with Crippen molar-refractivity contribution in [1.29, 1.82) is 0 Å². The van der Waals surface area contributed by atoms with E-state index in [-0.39, 0.29) is 5.91 Å². The molecule has 8 heteroatoms. The van der Waals surface area contributed by atoms with Gasteiger partial charge in [-0.05, 0) is 31.7 Å². The molecule has 0 saturated heterocycles. The number of thioether (sulfide) groups is 1. The van der Waals surface area contributed by atoms with Crippen LogP contribution in [0.1, 0.15) is 44.0 Å². The first-order valence-corrected chi connectivity index (χ1v) is 11.4. The van der Waals surface area contributed by atoms with Gasteiger partial charge in [0.25, 0.3) is 0 Å². The Balaban J connectivity index is 1.35. The zero-order valence-corrected chi connectivity index (χ0v) is 17.6. The van der Waals surface area contributed by atoms with Gasteiger partial charge in [0.05, 0.1) is 11.4 Å². The van der Waals surface area contributed by atoms with Gasteiger partial charge in [-0.25, -0.2) is 4.98 Å². The van der Waals surface area contributed by atoms with E-state index in [0.717, 1.165) is 35.2 Å². The maximum absolute atomic E-state index is 12.3. The summed E-state index contributed by atoms with van der Waals surface area (Å²) in [6.07, 6.45) is 3.40. The molecule has 1 aliphatic rings. The molecular formula is C20H23N5OS2. The van der Waals surface area contributed by atoms with E-state index in [2.05, 4.69) is 63.2 Å². The number of hydrogen-bond acceptors (Lipinski definition) is 6. The van der Waals surface area contributed by atoms with Crippen molar-refractivity contribution in [2.45, 2.75) is 50.7 Å². The van der Waals surface area contributed by atoms with Crippen LogP contribution in [0.2, 0.25) is 0 Å². The molecule has 0 aliphatic heterocycles. The van der Waals surface area contributed by atoms with Gasteiger partial charge >= 0.3 is 0 Å². The number of benzene rings is 1. The number of aromatic nitrogens is 4. The summed E-state index contributed by atoms with van der Waals surface area (Å²) in [5.74, 6) is 1.83. The lowest BCUT2D eigenvalue weighted by molar-refractivity contribution is -0.113. The van der Waals surface area contributed by atoms with Crippen molar-refractivity contribution in [3.8, 4) is 11.3 Å². The quantitative estimate of drug-likeness (QED) is 0.547. The SMILES string of the molecule is CCc1ccc(-c2csc(NC(=O)CSc3nnc(C4CC4)n3CC)n2)cc1. The van der Waals surface area contributed by atoms with Crippen LogP contribution in [-0.4, -0.2) is 31.4 Å². The smallest absolute Gasteiger partial charge is 0.236 e. The summed E-state index contributed by atoms with van der Waals surface area (Å²) < 4.78 is 2.12. The number of carbonyl (C=O) groups is 1. The number of anilines is 1. The molecule has 1 saturated carbocycles. The normalized spacial score (nSPS) is 13.6. The molecular weight excluding hydrogens is 390 g/mol. The van der Waals surface area contributed by atoms with Crippen LogP contribution in [0, 0.1) is 0 Å². The second-order valence-electron chi connectivity index (χ2n) is 6.78. The van der Waals surface area contributed by atoms with Gasteiger partial charge in [-0.2, -0.15) is 0 Å². The molecule has 1 aliphatic carbocycles. The van der Waals surface area contributed by atoms with Crippen LogP contribution in [0.5, 0.6) is 0 Å². The third kappa shape index (κ3) is 4.28. The van der Waals surface area contributed by atoms with Crippen LogP contribution in [0.4, 0.5) is 5.13 Å². The van der Waals surface area contributed by atoms with Crippen LogP contribution < -0.4 is 5.32 Å². The minimum atomic E-state index is -0.0779. The molecule has 3 aromatic rings. The van der Waals surface area contributed by atoms with Crippen molar-refractivity contribution in [2.24, 2.45) is 0 Å². The molecule has 0 spiro atoms. The molecule has 6 nitrogen and oxygen atoms in total. The average Bonchev–Trinajstić information content (AvgIpc) is 3.32. The van der Waals surface area contributed by atoms with Crippen molar-refractivity contribution < 1.29 is 4.79 Å². The van der Waals surface area contributed by atoms with E-state index < -0.39 is 0 Å². The Morgan fingerprint density at radius 3 is 2.71 bits per heavy atom. The molecule has 1 fully saturated rings. The summed E-state index contributed by atoms with van der Waals surface area (Å²) >= 11 is 2.87. The molecule has 0 atom stereocenters. The highest BCUT2D eigenvalue weighted by Gasteiger charge is 2.30. The number of nitrogens with zero attached hydrogens (tertiary/aromatic N) is 4. The Kier molecular flexibility index (Phi) is 5.77. The molecule has 1 aromatic carbocycles. The van der Waals surface area contributed by atoms with E-state index in [1.54, 1.807) is 0 Å². The van der Waals surface area contributed by atoms with E-state index in [4.69, 9.17) is 0 Å². The van der Waals surface area contributed by atoms with Crippen molar-refractivity contribution in [1.82, 2.24) is 19.7 Å². The summed E-state index contributed by atoms with van der Waals surface area (Å²) in [5, 5.41) is 14.9. The predicted molar refractivity (Wildman–Crippen MR) is 114 cm³/mol. The lowest BCUT2D eigenvalue weighted by atomic mass is 10.1. The van der Waals surface area contributed by atoms with Crippen molar-refractivity contribution in [2.75, 3.05) is 11.1 Å². The Bertz CT molecular complexity index is 959. The number of aryl methyl sites for hydroxylation is 1. The van der Waals surface area contributed by atoms with E-state index in [1.807, 2.05) is 5.38 Å². The first kappa shape index (κ1) is 19.1. The van der Waals surface area contributed by atoms with Crippen molar-refractivity contribution >= 4 is 34.1 Å². The Morgan fingerprint density at radius 2 is 2.04 bits per heavy atom. The predicted octanol–water partition coefficient (Wildman–Crippen LogP) is 4.59. The van der Waals surface area contributed by atoms with Crippen LogP contribution in [-0.2, 0) is 17.8 Å². The zero-order chi connectivity index (χ0) is 19.5. The second kappa shape index (κ2) is 8.45. The first-order valence-electron chi connectivity index (χ1n) is 9.58. The fourth-order valence-electron chi connectivity index (χ4n) is 3.01. The van der Waals surface area contributed by atoms with Gasteiger partial charge in [0.15, 0.2) is 10.3 Å². The van der Waals surface area contributed by atoms with Crippen molar-refractivity contribution in [3.05, 3.63) is 41.0 Å². The van der Waals surface area contributed by atoms with E-state index >= 15 is 0 Å². The summed E-state index contributed by atoms with van der Waals surface area (Å²) in [6.45, 7) is 5.05. The van der Waals surface area contributed by atoms with Crippen LogP contribution in [0.3, 0.4) is 0 Å². The topological polar surface area (TPSA) is 72.7 Å². The average molecular weight is 414 g/mol. The fourth-order valence-corrected chi connectivity index (χ4v) is 4.55. The zero-order valence-electron chi connectivity index (χ0n) is 16.0. The maximum atomic E-state index is 12.3. The van der Waals surface area contributed by atoms with Gasteiger partial charge in [-0.15, -0.1) is 21.5 Å². The molecule has 0 radical (unpaired) electrons. The Morgan fingerprint density at radius 1 is 1.25 bits per heavy atom. The lowest BCUT2D eigenvalue weighted by Crippen LogP contribution is -2.14. The second-order valence-corrected chi connectivity index (χ2v) is 8.59. The standard InChI is InChI=1S/C20H23N5OS2/c1-3-13-5-7-14(8-6-13)16-11-27-19(21-16)22-17(26)12-28-20-24-23-18(15-9-10-15)25(20)4-2/h5-8,11,15H,3-4,9-10,12H2,1-2H3,(H,21,22,26). The molecule has 1 amide bonds. The third-order valence-electron chi connectivity index (χ3n) is 4.75. The molecule has 28 heavy (non-hydrogen) atoms. The van der Waals surface area contributed by atoms with E-state index in [0.29, 0.717) is 16.8 Å². The van der Waals surface area contributed by atoms with Gasteiger partial charge in [-0.3, -0.25) is 4.79 Å². The number of amides is 1. The fraction of sp³-hybridized carbons (Fsp3) is 0.400. The molecule has 0 unspecified atom stereocenters. The number of hydrogen-bond donors (Lipinski definition) is 1.